The van der Waals surface area contributed by atoms with Gasteiger partial charge in [-0.25, -0.2) is 0 Å². The van der Waals surface area contributed by atoms with Gasteiger partial charge in [0.1, 0.15) is 6.10 Å². The Morgan fingerprint density at radius 1 is 1.24 bits per heavy atom. The first kappa shape index (κ1) is 16.0. The van der Waals surface area contributed by atoms with Gasteiger partial charge in [0.05, 0.1) is 30.1 Å². The fourth-order valence-corrected chi connectivity index (χ4v) is 2.67. The molecule has 0 aliphatic carbocycles. The van der Waals surface area contributed by atoms with Gasteiger partial charge in [-0.15, -0.1) is 0 Å². The SMILES string of the molecule is COCCn1ncc(Cl)c1C(O)c1cc(C)c(C)cc1C. The number of methoxy groups -OCH3 is 1. The van der Waals surface area contributed by atoms with Crippen LogP contribution in [0.1, 0.15) is 34.1 Å². The summed E-state index contributed by atoms with van der Waals surface area (Å²) in [7, 11) is 1.63. The van der Waals surface area contributed by atoms with Crippen LogP contribution in [-0.4, -0.2) is 28.6 Å². The van der Waals surface area contributed by atoms with E-state index in [1.54, 1.807) is 18.0 Å². The van der Waals surface area contributed by atoms with Crippen LogP contribution in [0.25, 0.3) is 0 Å². The second kappa shape index (κ2) is 6.60. The quantitative estimate of drug-likeness (QED) is 0.923. The minimum Gasteiger partial charge on any atom is -0.383 e. The molecule has 1 heterocycles. The van der Waals surface area contributed by atoms with Gasteiger partial charge < -0.3 is 9.84 Å². The number of halogens is 1. The third-order valence-electron chi connectivity index (χ3n) is 3.78. The molecule has 21 heavy (non-hydrogen) atoms. The van der Waals surface area contributed by atoms with Crippen LogP contribution in [0.5, 0.6) is 0 Å². The zero-order chi connectivity index (χ0) is 15.6. The largest absolute Gasteiger partial charge is 0.383 e. The second-order valence-electron chi connectivity index (χ2n) is 5.29. The zero-order valence-corrected chi connectivity index (χ0v) is 13.6. The monoisotopic (exact) mass is 308 g/mol. The van der Waals surface area contributed by atoms with E-state index < -0.39 is 6.10 Å². The molecule has 0 fully saturated rings. The molecule has 1 aromatic heterocycles. The molecule has 0 radical (unpaired) electrons. The number of nitrogens with zero attached hydrogens (tertiary/aromatic N) is 2. The Hall–Kier alpha value is -1.36. The van der Waals surface area contributed by atoms with Crippen LogP contribution >= 0.6 is 11.6 Å². The molecule has 1 N–H and O–H groups in total. The average Bonchev–Trinajstić information content (AvgIpc) is 2.81. The van der Waals surface area contributed by atoms with Crippen molar-refractivity contribution in [3.8, 4) is 0 Å². The van der Waals surface area contributed by atoms with Crippen LogP contribution < -0.4 is 0 Å². The molecule has 5 heteroatoms. The van der Waals surface area contributed by atoms with Crippen LogP contribution in [-0.2, 0) is 11.3 Å². The highest BCUT2D eigenvalue weighted by Crippen LogP contribution is 2.31. The summed E-state index contributed by atoms with van der Waals surface area (Å²) in [4.78, 5) is 0. The molecule has 1 aromatic carbocycles. The number of hydrogen-bond acceptors (Lipinski definition) is 3. The van der Waals surface area contributed by atoms with Crippen molar-refractivity contribution in [2.75, 3.05) is 13.7 Å². The van der Waals surface area contributed by atoms with Gasteiger partial charge >= 0.3 is 0 Å². The molecule has 0 saturated heterocycles. The van der Waals surface area contributed by atoms with Crippen molar-refractivity contribution in [3.63, 3.8) is 0 Å². The van der Waals surface area contributed by atoms with Crippen LogP contribution in [0.4, 0.5) is 0 Å². The number of benzene rings is 1. The lowest BCUT2D eigenvalue weighted by molar-refractivity contribution is 0.171. The Bertz CT molecular complexity index is 637. The number of ether oxygens (including phenoxy) is 1. The fraction of sp³-hybridized carbons (Fsp3) is 0.438. The van der Waals surface area contributed by atoms with Crippen molar-refractivity contribution >= 4 is 11.6 Å². The van der Waals surface area contributed by atoms with Crippen molar-refractivity contribution in [2.24, 2.45) is 0 Å². The fourth-order valence-electron chi connectivity index (χ4n) is 2.42. The molecular weight excluding hydrogens is 288 g/mol. The number of aliphatic hydroxyl groups is 1. The van der Waals surface area contributed by atoms with Crippen molar-refractivity contribution in [3.05, 3.63) is 51.3 Å². The summed E-state index contributed by atoms with van der Waals surface area (Å²) in [6, 6.07) is 4.09. The zero-order valence-electron chi connectivity index (χ0n) is 12.9. The highest BCUT2D eigenvalue weighted by molar-refractivity contribution is 6.31. The molecule has 1 atom stereocenters. The number of aliphatic hydroxyl groups excluding tert-OH is 1. The Labute approximate surface area is 130 Å². The van der Waals surface area contributed by atoms with E-state index in [-0.39, 0.29) is 0 Å². The lowest BCUT2D eigenvalue weighted by Crippen LogP contribution is -2.14. The summed E-state index contributed by atoms with van der Waals surface area (Å²) in [5.41, 5.74) is 4.87. The van der Waals surface area contributed by atoms with Gasteiger partial charge in [0.25, 0.3) is 0 Å². The van der Waals surface area contributed by atoms with Gasteiger partial charge in [-0.3, -0.25) is 4.68 Å². The summed E-state index contributed by atoms with van der Waals surface area (Å²) in [5, 5.41) is 15.4. The van der Waals surface area contributed by atoms with E-state index in [4.69, 9.17) is 16.3 Å². The first-order chi connectivity index (χ1) is 9.95. The van der Waals surface area contributed by atoms with E-state index in [1.165, 1.54) is 5.56 Å². The summed E-state index contributed by atoms with van der Waals surface area (Å²) in [6.45, 7) is 7.17. The predicted octanol–water partition coefficient (Wildman–Crippen LogP) is 3.19. The minimum atomic E-state index is -0.795. The molecule has 0 amide bonds. The molecule has 114 valence electrons. The molecule has 1 unspecified atom stereocenters. The lowest BCUT2D eigenvalue weighted by atomic mass is 9.96. The Balaban J connectivity index is 2.42. The molecule has 2 rings (SSSR count). The smallest absolute Gasteiger partial charge is 0.122 e. The third-order valence-corrected chi connectivity index (χ3v) is 4.07. The number of hydrogen-bond donors (Lipinski definition) is 1. The maximum atomic E-state index is 10.8. The molecular formula is C16H21ClN2O2. The summed E-state index contributed by atoms with van der Waals surface area (Å²) >= 11 is 6.21. The van der Waals surface area contributed by atoms with E-state index >= 15 is 0 Å². The highest BCUT2D eigenvalue weighted by atomic mass is 35.5. The first-order valence-corrected chi connectivity index (χ1v) is 7.29. The van der Waals surface area contributed by atoms with Gasteiger partial charge in [0, 0.05) is 7.11 Å². The Morgan fingerprint density at radius 3 is 2.57 bits per heavy atom. The Kier molecular flexibility index (Phi) is 5.04. The van der Waals surface area contributed by atoms with Gasteiger partial charge in [0.15, 0.2) is 0 Å². The van der Waals surface area contributed by atoms with Gasteiger partial charge in [-0.1, -0.05) is 23.7 Å². The van der Waals surface area contributed by atoms with Crippen LogP contribution in [0.3, 0.4) is 0 Å². The van der Waals surface area contributed by atoms with Crippen molar-refractivity contribution in [1.29, 1.82) is 0 Å². The summed E-state index contributed by atoms with van der Waals surface area (Å²) in [6.07, 6.45) is 0.766. The number of aromatic nitrogens is 2. The standard InChI is InChI=1S/C16H21ClN2O2/c1-10-7-12(3)13(8-11(10)2)16(20)15-14(17)9-18-19(15)5-6-21-4/h7-9,16,20H,5-6H2,1-4H3. The maximum absolute atomic E-state index is 10.8. The normalized spacial score (nSPS) is 12.7. The van der Waals surface area contributed by atoms with Gasteiger partial charge in [-0.05, 0) is 43.0 Å². The molecule has 0 saturated carbocycles. The number of rotatable bonds is 5. The first-order valence-electron chi connectivity index (χ1n) is 6.91. The van der Waals surface area contributed by atoms with Crippen LogP contribution in [0.2, 0.25) is 5.02 Å². The summed E-state index contributed by atoms with van der Waals surface area (Å²) in [5.74, 6) is 0. The molecule has 0 spiro atoms. The van der Waals surface area contributed by atoms with Crippen molar-refractivity contribution < 1.29 is 9.84 Å². The van der Waals surface area contributed by atoms with E-state index in [0.717, 1.165) is 16.7 Å². The van der Waals surface area contributed by atoms with E-state index in [2.05, 4.69) is 18.1 Å². The molecule has 0 aliphatic heterocycles. The summed E-state index contributed by atoms with van der Waals surface area (Å²) < 4.78 is 6.77. The van der Waals surface area contributed by atoms with Gasteiger partial charge in [-0.2, -0.15) is 5.10 Å². The number of aryl methyl sites for hydroxylation is 3. The van der Waals surface area contributed by atoms with E-state index in [1.807, 2.05) is 19.9 Å². The molecule has 2 aromatic rings. The van der Waals surface area contributed by atoms with E-state index in [9.17, 15) is 5.11 Å². The predicted molar refractivity (Wildman–Crippen MR) is 83.8 cm³/mol. The Morgan fingerprint density at radius 2 is 1.90 bits per heavy atom. The van der Waals surface area contributed by atoms with Crippen LogP contribution in [0.15, 0.2) is 18.3 Å². The average molecular weight is 309 g/mol. The van der Waals surface area contributed by atoms with Crippen LogP contribution in [0, 0.1) is 20.8 Å². The topological polar surface area (TPSA) is 47.3 Å². The molecule has 0 aliphatic rings. The second-order valence-corrected chi connectivity index (χ2v) is 5.70. The highest BCUT2D eigenvalue weighted by Gasteiger charge is 2.21. The maximum Gasteiger partial charge on any atom is 0.122 e. The van der Waals surface area contributed by atoms with Gasteiger partial charge in [0.2, 0.25) is 0 Å². The van der Waals surface area contributed by atoms with Crippen molar-refractivity contribution in [1.82, 2.24) is 9.78 Å². The van der Waals surface area contributed by atoms with Crippen molar-refractivity contribution in [2.45, 2.75) is 33.4 Å². The molecule has 0 bridgehead atoms. The molecule has 4 nitrogen and oxygen atoms in total. The van der Waals surface area contributed by atoms with E-state index in [0.29, 0.717) is 23.9 Å². The third kappa shape index (κ3) is 3.28. The minimum absolute atomic E-state index is 0.469. The lowest BCUT2D eigenvalue weighted by Gasteiger charge is -2.18.